The summed E-state index contributed by atoms with van der Waals surface area (Å²) in [5.74, 6) is -0.159. The van der Waals surface area contributed by atoms with Gasteiger partial charge in [0.2, 0.25) is 5.91 Å². The topological polar surface area (TPSA) is 71.1 Å². The van der Waals surface area contributed by atoms with Crippen molar-refractivity contribution in [1.82, 2.24) is 4.98 Å². The van der Waals surface area contributed by atoms with Gasteiger partial charge in [0, 0.05) is 17.8 Å². The Hall–Kier alpha value is -3.03. The van der Waals surface area contributed by atoms with Crippen LogP contribution in [0.3, 0.4) is 0 Å². The standard InChI is InChI=1S/C22H19N3O2S2/c26-20(8-3-9-21-25-17-5-1-2-6-18(17)29-21)23-15-10-12-16(13-11-15)24-22(27)19-7-4-14-28-19/h1-2,4-7,10-14H,3,8-9H2,(H,23,26)(H,24,27). The molecule has 2 N–H and O–H groups in total. The van der Waals surface area contributed by atoms with Crippen molar-refractivity contribution in [3.8, 4) is 0 Å². The second-order valence-electron chi connectivity index (χ2n) is 6.49. The van der Waals surface area contributed by atoms with Crippen LogP contribution in [-0.4, -0.2) is 16.8 Å². The first-order valence-electron chi connectivity index (χ1n) is 9.26. The van der Waals surface area contributed by atoms with Crippen LogP contribution >= 0.6 is 22.7 Å². The summed E-state index contributed by atoms with van der Waals surface area (Å²) in [5, 5.41) is 8.66. The molecule has 0 fully saturated rings. The summed E-state index contributed by atoms with van der Waals surface area (Å²) in [6, 6.07) is 18.8. The molecule has 0 unspecified atom stereocenters. The van der Waals surface area contributed by atoms with E-state index in [0.717, 1.165) is 23.4 Å². The summed E-state index contributed by atoms with van der Waals surface area (Å²) in [6.45, 7) is 0. The van der Waals surface area contributed by atoms with Gasteiger partial charge in [-0.2, -0.15) is 0 Å². The monoisotopic (exact) mass is 421 g/mol. The molecule has 29 heavy (non-hydrogen) atoms. The number of amides is 2. The van der Waals surface area contributed by atoms with Crippen LogP contribution < -0.4 is 10.6 Å². The first-order chi connectivity index (χ1) is 14.2. The highest BCUT2D eigenvalue weighted by atomic mass is 32.1. The lowest BCUT2D eigenvalue weighted by molar-refractivity contribution is -0.116. The number of nitrogens with zero attached hydrogens (tertiary/aromatic N) is 1. The Bertz CT molecular complexity index is 1090. The van der Waals surface area contributed by atoms with E-state index in [-0.39, 0.29) is 11.8 Å². The summed E-state index contributed by atoms with van der Waals surface area (Å²) in [7, 11) is 0. The summed E-state index contributed by atoms with van der Waals surface area (Å²) >= 11 is 3.08. The maximum absolute atomic E-state index is 12.2. The van der Waals surface area contributed by atoms with E-state index in [1.54, 1.807) is 41.7 Å². The highest BCUT2D eigenvalue weighted by Crippen LogP contribution is 2.23. The third-order valence-corrected chi connectivity index (χ3v) is 6.27. The molecule has 0 aliphatic carbocycles. The molecule has 2 aromatic carbocycles. The fraction of sp³-hybridized carbons (Fsp3) is 0.136. The van der Waals surface area contributed by atoms with E-state index in [1.165, 1.54) is 16.0 Å². The van der Waals surface area contributed by atoms with Crippen molar-refractivity contribution in [2.75, 3.05) is 10.6 Å². The Balaban J connectivity index is 1.24. The van der Waals surface area contributed by atoms with Gasteiger partial charge in [-0.15, -0.1) is 22.7 Å². The maximum Gasteiger partial charge on any atom is 0.265 e. The SMILES string of the molecule is O=C(CCCc1nc2ccccc2s1)Nc1ccc(NC(=O)c2cccs2)cc1. The molecule has 2 heterocycles. The van der Waals surface area contributed by atoms with Gasteiger partial charge in [0.25, 0.3) is 5.91 Å². The Morgan fingerprint density at radius 2 is 1.66 bits per heavy atom. The molecule has 2 amide bonds. The number of rotatable bonds is 7. The zero-order valence-corrected chi connectivity index (χ0v) is 17.2. The van der Waals surface area contributed by atoms with E-state index in [1.807, 2.05) is 29.6 Å². The van der Waals surface area contributed by atoms with Crippen LogP contribution in [-0.2, 0) is 11.2 Å². The fourth-order valence-corrected chi connectivity index (χ4v) is 4.52. The van der Waals surface area contributed by atoms with Crippen molar-refractivity contribution in [2.45, 2.75) is 19.3 Å². The minimum absolute atomic E-state index is 0.0264. The normalized spacial score (nSPS) is 10.8. The van der Waals surface area contributed by atoms with Gasteiger partial charge >= 0.3 is 0 Å². The van der Waals surface area contributed by atoms with Crippen LogP contribution in [0.15, 0.2) is 66.0 Å². The van der Waals surface area contributed by atoms with Gasteiger partial charge in [0.1, 0.15) is 0 Å². The lowest BCUT2D eigenvalue weighted by atomic mass is 10.2. The van der Waals surface area contributed by atoms with Crippen LogP contribution in [0.4, 0.5) is 11.4 Å². The number of hydrogen-bond acceptors (Lipinski definition) is 5. The summed E-state index contributed by atoms with van der Waals surface area (Å²) in [4.78, 5) is 29.5. The smallest absolute Gasteiger partial charge is 0.265 e. The van der Waals surface area contributed by atoms with Crippen molar-refractivity contribution in [1.29, 1.82) is 0 Å². The molecule has 2 aromatic heterocycles. The number of nitrogens with one attached hydrogen (secondary N) is 2. The van der Waals surface area contributed by atoms with E-state index in [2.05, 4.69) is 21.7 Å². The first kappa shape index (κ1) is 19.3. The molecule has 7 heteroatoms. The molecule has 0 saturated heterocycles. The van der Waals surface area contributed by atoms with Crippen LogP contribution in [0.1, 0.15) is 27.5 Å². The molecule has 5 nitrogen and oxygen atoms in total. The number of carbonyl (C=O) groups is 2. The highest BCUT2D eigenvalue weighted by molar-refractivity contribution is 7.18. The minimum Gasteiger partial charge on any atom is -0.326 e. The molecule has 0 aliphatic heterocycles. The number of thiazole rings is 1. The zero-order chi connectivity index (χ0) is 20.1. The predicted octanol–water partition coefficient (Wildman–Crippen LogP) is 5.57. The summed E-state index contributed by atoms with van der Waals surface area (Å²) in [5.41, 5.74) is 2.42. The van der Waals surface area contributed by atoms with E-state index >= 15 is 0 Å². The second kappa shape index (κ2) is 8.98. The van der Waals surface area contributed by atoms with Gasteiger partial charge < -0.3 is 10.6 Å². The predicted molar refractivity (Wildman–Crippen MR) is 120 cm³/mol. The number of thiophene rings is 1. The third-order valence-electron chi connectivity index (χ3n) is 4.30. The average molecular weight is 422 g/mol. The maximum atomic E-state index is 12.2. The highest BCUT2D eigenvalue weighted by Gasteiger charge is 2.08. The summed E-state index contributed by atoms with van der Waals surface area (Å²) < 4.78 is 1.18. The van der Waals surface area contributed by atoms with E-state index in [0.29, 0.717) is 22.7 Å². The van der Waals surface area contributed by atoms with Gasteiger partial charge in [0.05, 0.1) is 20.1 Å². The van der Waals surface area contributed by atoms with Gasteiger partial charge in [0.15, 0.2) is 0 Å². The van der Waals surface area contributed by atoms with Gasteiger partial charge in [-0.25, -0.2) is 4.98 Å². The van der Waals surface area contributed by atoms with Crippen molar-refractivity contribution in [3.63, 3.8) is 0 Å². The Morgan fingerprint density at radius 1 is 0.897 bits per heavy atom. The lowest BCUT2D eigenvalue weighted by Crippen LogP contribution is -2.12. The van der Waals surface area contributed by atoms with Crippen LogP contribution in [0, 0.1) is 0 Å². The number of aromatic nitrogens is 1. The number of para-hydroxylation sites is 1. The zero-order valence-electron chi connectivity index (χ0n) is 15.6. The fourth-order valence-electron chi connectivity index (χ4n) is 2.89. The molecule has 0 bridgehead atoms. The van der Waals surface area contributed by atoms with Crippen molar-refractivity contribution in [2.24, 2.45) is 0 Å². The van der Waals surface area contributed by atoms with Crippen molar-refractivity contribution in [3.05, 3.63) is 75.9 Å². The molecule has 4 rings (SSSR count). The molecule has 146 valence electrons. The second-order valence-corrected chi connectivity index (χ2v) is 8.55. The first-order valence-corrected chi connectivity index (χ1v) is 11.0. The number of anilines is 2. The number of fused-ring (bicyclic) bond motifs is 1. The van der Waals surface area contributed by atoms with Crippen LogP contribution in [0.2, 0.25) is 0 Å². The number of aryl methyl sites for hydroxylation is 1. The Morgan fingerprint density at radius 3 is 2.38 bits per heavy atom. The van der Waals surface area contributed by atoms with Crippen LogP contribution in [0.5, 0.6) is 0 Å². The minimum atomic E-state index is -0.133. The van der Waals surface area contributed by atoms with Gasteiger partial charge in [-0.3, -0.25) is 9.59 Å². The largest absolute Gasteiger partial charge is 0.326 e. The number of benzene rings is 2. The number of carbonyl (C=O) groups excluding carboxylic acids is 2. The molecular formula is C22H19N3O2S2. The van der Waals surface area contributed by atoms with E-state index in [9.17, 15) is 9.59 Å². The Kier molecular flexibility index (Phi) is 5.97. The quantitative estimate of drug-likeness (QED) is 0.410. The molecule has 4 aromatic rings. The third kappa shape index (κ3) is 5.07. The number of hydrogen-bond donors (Lipinski definition) is 2. The molecule has 0 saturated carbocycles. The van der Waals surface area contributed by atoms with Crippen LogP contribution in [0.25, 0.3) is 10.2 Å². The molecule has 0 spiro atoms. The molecular weight excluding hydrogens is 402 g/mol. The average Bonchev–Trinajstić information content (AvgIpc) is 3.39. The van der Waals surface area contributed by atoms with Crippen molar-refractivity contribution >= 4 is 56.1 Å². The van der Waals surface area contributed by atoms with Crippen molar-refractivity contribution < 1.29 is 9.59 Å². The summed E-state index contributed by atoms with van der Waals surface area (Å²) in [6.07, 6.45) is 1.98. The Labute approximate surface area is 176 Å². The lowest BCUT2D eigenvalue weighted by Gasteiger charge is -2.07. The van der Waals surface area contributed by atoms with Gasteiger partial charge in [-0.05, 0) is 60.7 Å². The molecule has 0 aliphatic rings. The van der Waals surface area contributed by atoms with Gasteiger partial charge in [-0.1, -0.05) is 18.2 Å². The molecule has 0 radical (unpaired) electrons. The van der Waals surface area contributed by atoms with E-state index < -0.39 is 0 Å². The van der Waals surface area contributed by atoms with E-state index in [4.69, 9.17) is 0 Å². The molecule has 0 atom stereocenters.